The van der Waals surface area contributed by atoms with Gasteiger partial charge in [-0.05, 0) is 22.3 Å². The summed E-state index contributed by atoms with van der Waals surface area (Å²) in [4.78, 5) is 0. The zero-order chi connectivity index (χ0) is 15.4. The summed E-state index contributed by atoms with van der Waals surface area (Å²) in [5, 5.41) is -0.316. The fraction of sp³-hybridized carbons (Fsp3) is 0.200. The van der Waals surface area contributed by atoms with Crippen molar-refractivity contribution in [2.45, 2.75) is 24.5 Å². The predicted molar refractivity (Wildman–Crippen MR) is 97.3 cm³/mol. The molecule has 0 bridgehead atoms. The molecule has 0 nitrogen and oxygen atoms in total. The van der Waals surface area contributed by atoms with Crippen LogP contribution in [0, 0.1) is 0 Å². The average molecular weight is 305 g/mol. The Morgan fingerprint density at radius 1 is 0.727 bits per heavy atom. The summed E-state index contributed by atoms with van der Waals surface area (Å²) in [5.41, 5.74) is 5.23. The minimum absolute atomic E-state index is 0.0419. The van der Waals surface area contributed by atoms with Gasteiger partial charge in [-0.2, -0.15) is 11.5 Å². The Kier molecular flexibility index (Phi) is 2.93. The molecule has 2 atom stereocenters. The molecule has 0 fully saturated rings. The van der Waals surface area contributed by atoms with Crippen molar-refractivity contribution >= 4 is 29.7 Å². The number of fused-ring (bicyclic) bond motifs is 2. The number of halogens is 1. The van der Waals surface area contributed by atoms with Crippen LogP contribution in [0.3, 0.4) is 0 Å². The molecule has 22 heavy (non-hydrogen) atoms. The van der Waals surface area contributed by atoms with Gasteiger partial charge in [0.25, 0.3) is 6.13 Å². The van der Waals surface area contributed by atoms with Gasteiger partial charge in [-0.15, -0.1) is 0 Å². The number of benzene rings is 2. The van der Waals surface area contributed by atoms with Gasteiger partial charge in [-0.25, -0.2) is 0 Å². The molecule has 0 heterocycles. The van der Waals surface area contributed by atoms with E-state index in [0.29, 0.717) is 0 Å². The maximum atomic E-state index is 7.13. The van der Waals surface area contributed by atoms with E-state index < -0.39 is 0 Å². The zero-order valence-electron chi connectivity index (χ0n) is 12.9. The van der Waals surface area contributed by atoms with Crippen LogP contribution >= 0.6 is 11.5 Å². The van der Waals surface area contributed by atoms with Crippen molar-refractivity contribution in [3.63, 3.8) is 0 Å². The summed E-state index contributed by atoms with van der Waals surface area (Å²) in [7, 11) is 0. The standard InChI is InChI=1S/C20H18BCl/c1-19(13-11-15-7-3-5-9-17(15)19)21(22)20(2)14-12-16-8-4-6-10-18(16)20/h3-14H,1-2H3. The molecule has 2 aromatic carbocycles. The smallest absolute Gasteiger partial charge is 0.193 e. The van der Waals surface area contributed by atoms with E-state index in [2.05, 4.69) is 86.7 Å². The van der Waals surface area contributed by atoms with Gasteiger partial charge in [0.2, 0.25) is 0 Å². The molecule has 2 unspecified atom stereocenters. The summed E-state index contributed by atoms with van der Waals surface area (Å²) in [6, 6.07) is 17.1. The Morgan fingerprint density at radius 2 is 1.14 bits per heavy atom. The van der Waals surface area contributed by atoms with Crippen molar-refractivity contribution in [1.82, 2.24) is 0 Å². The highest BCUT2D eigenvalue weighted by molar-refractivity contribution is 7.10. The van der Waals surface area contributed by atoms with Gasteiger partial charge in [-0.1, -0.05) is 86.7 Å². The Morgan fingerprint density at radius 3 is 1.59 bits per heavy atom. The predicted octanol–water partition coefficient (Wildman–Crippen LogP) is 5.26. The first kappa shape index (κ1) is 13.9. The van der Waals surface area contributed by atoms with Gasteiger partial charge in [0.1, 0.15) is 0 Å². The normalized spacial score (nSPS) is 27.8. The van der Waals surface area contributed by atoms with Gasteiger partial charge in [-0.3, -0.25) is 0 Å². The van der Waals surface area contributed by atoms with Crippen LogP contribution in [0.15, 0.2) is 60.7 Å². The summed E-state index contributed by atoms with van der Waals surface area (Å²) in [6.45, 7) is 4.51. The largest absolute Gasteiger partial charge is 0.279 e. The number of rotatable bonds is 2. The summed E-state index contributed by atoms with van der Waals surface area (Å²) >= 11 is 7.13. The highest BCUT2D eigenvalue weighted by Crippen LogP contribution is 2.48. The molecule has 0 amide bonds. The van der Waals surface area contributed by atoms with Gasteiger partial charge in [0.15, 0.2) is 0 Å². The SMILES string of the molecule is CC1(B(Cl)C2(C)C=Cc3ccccc32)C=Cc2ccccc21. The third-order valence-corrected chi connectivity index (χ3v) is 6.26. The van der Waals surface area contributed by atoms with E-state index in [1.54, 1.807) is 0 Å². The van der Waals surface area contributed by atoms with E-state index >= 15 is 0 Å². The van der Waals surface area contributed by atoms with E-state index in [0.717, 1.165) is 0 Å². The lowest BCUT2D eigenvalue weighted by molar-refractivity contribution is 0.761. The summed E-state index contributed by atoms with van der Waals surface area (Å²) < 4.78 is 0. The van der Waals surface area contributed by atoms with Crippen LogP contribution < -0.4 is 0 Å². The molecule has 0 spiro atoms. The Bertz CT molecular complexity index is 739. The molecule has 4 rings (SSSR count). The van der Waals surface area contributed by atoms with Crippen molar-refractivity contribution in [1.29, 1.82) is 0 Å². The second-order valence-electron chi connectivity index (χ2n) is 6.77. The van der Waals surface area contributed by atoms with Gasteiger partial charge in [0, 0.05) is 10.6 Å². The Hall–Kier alpha value is -1.73. The van der Waals surface area contributed by atoms with Crippen LogP contribution in [0.5, 0.6) is 0 Å². The van der Waals surface area contributed by atoms with Crippen LogP contribution in [0.2, 0.25) is 0 Å². The van der Waals surface area contributed by atoms with Crippen LogP contribution in [0.4, 0.5) is 0 Å². The van der Waals surface area contributed by atoms with Crippen LogP contribution in [0.1, 0.15) is 36.1 Å². The molecule has 108 valence electrons. The minimum Gasteiger partial charge on any atom is -0.193 e. The van der Waals surface area contributed by atoms with E-state index in [1.807, 2.05) is 0 Å². The third kappa shape index (κ3) is 1.72. The van der Waals surface area contributed by atoms with Gasteiger partial charge in [0.05, 0.1) is 0 Å². The Labute approximate surface area is 137 Å². The molecule has 0 radical (unpaired) electrons. The van der Waals surface area contributed by atoms with Crippen LogP contribution in [0.25, 0.3) is 12.2 Å². The highest BCUT2D eigenvalue weighted by Gasteiger charge is 2.51. The second-order valence-corrected chi connectivity index (χ2v) is 7.21. The number of hydrogen-bond donors (Lipinski definition) is 0. The number of hydrogen-bond acceptors (Lipinski definition) is 0. The fourth-order valence-electron chi connectivity index (χ4n) is 4.04. The van der Waals surface area contributed by atoms with E-state index in [1.165, 1.54) is 22.3 Å². The van der Waals surface area contributed by atoms with Crippen molar-refractivity contribution < 1.29 is 0 Å². The summed E-state index contributed by atoms with van der Waals surface area (Å²) in [6.07, 6.45) is 8.92. The third-order valence-electron chi connectivity index (χ3n) is 5.35. The average Bonchev–Trinajstić information content (AvgIpc) is 3.08. The molecule has 0 N–H and O–H groups in total. The number of allylic oxidation sites excluding steroid dienone is 2. The van der Waals surface area contributed by atoms with E-state index in [4.69, 9.17) is 11.5 Å². The fourth-order valence-corrected chi connectivity index (χ4v) is 4.42. The molecule has 0 saturated carbocycles. The molecule has 2 aromatic rings. The summed E-state index contributed by atoms with van der Waals surface area (Å²) in [5.74, 6) is 0. The van der Waals surface area contributed by atoms with Crippen molar-refractivity contribution in [2.24, 2.45) is 0 Å². The maximum absolute atomic E-state index is 7.13. The molecular weight excluding hydrogens is 286 g/mol. The Balaban J connectivity index is 1.82. The lowest BCUT2D eigenvalue weighted by Gasteiger charge is -2.37. The first-order valence-corrected chi connectivity index (χ1v) is 8.21. The monoisotopic (exact) mass is 304 g/mol. The molecule has 2 aliphatic rings. The van der Waals surface area contributed by atoms with Gasteiger partial charge >= 0.3 is 0 Å². The topological polar surface area (TPSA) is 0 Å². The molecule has 0 aromatic heterocycles. The molecule has 2 aliphatic carbocycles. The molecule has 0 saturated heterocycles. The van der Waals surface area contributed by atoms with E-state index in [-0.39, 0.29) is 16.8 Å². The second kappa shape index (κ2) is 4.63. The minimum atomic E-state index is -0.158. The van der Waals surface area contributed by atoms with Crippen molar-refractivity contribution in [2.75, 3.05) is 0 Å². The maximum Gasteiger partial charge on any atom is 0.279 e. The molecule has 2 heteroatoms. The van der Waals surface area contributed by atoms with E-state index in [9.17, 15) is 0 Å². The van der Waals surface area contributed by atoms with Crippen molar-refractivity contribution in [3.05, 3.63) is 82.9 Å². The van der Waals surface area contributed by atoms with Crippen LogP contribution in [-0.2, 0) is 10.6 Å². The molecular formula is C20H18BCl. The lowest BCUT2D eigenvalue weighted by Crippen LogP contribution is -2.48. The quantitative estimate of drug-likeness (QED) is 0.663. The van der Waals surface area contributed by atoms with Crippen LogP contribution in [-0.4, -0.2) is 6.13 Å². The first-order chi connectivity index (χ1) is 10.6. The zero-order valence-corrected chi connectivity index (χ0v) is 13.6. The van der Waals surface area contributed by atoms with Crippen molar-refractivity contribution in [3.8, 4) is 0 Å². The highest BCUT2D eigenvalue weighted by atomic mass is 35.5. The molecule has 0 aliphatic heterocycles. The van der Waals surface area contributed by atoms with Gasteiger partial charge < -0.3 is 0 Å². The lowest BCUT2D eigenvalue weighted by atomic mass is 9.36. The first-order valence-electron chi connectivity index (χ1n) is 7.77.